The van der Waals surface area contributed by atoms with Gasteiger partial charge in [0, 0.05) is 13.0 Å². The summed E-state index contributed by atoms with van der Waals surface area (Å²) in [6.45, 7) is 12.3. The predicted molar refractivity (Wildman–Crippen MR) is 130 cm³/mol. The summed E-state index contributed by atoms with van der Waals surface area (Å²) in [5.41, 5.74) is 4.07. The maximum Gasteiger partial charge on any atom is 0.306 e. The third-order valence-electron chi connectivity index (χ3n) is 6.02. The molecule has 0 radical (unpaired) electrons. The van der Waals surface area contributed by atoms with Crippen LogP contribution in [0.1, 0.15) is 82.8 Å². The van der Waals surface area contributed by atoms with Gasteiger partial charge in [0.25, 0.3) is 5.56 Å². The normalized spacial score (nSPS) is 15.0. The second-order valence-electron chi connectivity index (χ2n) is 10.2. The van der Waals surface area contributed by atoms with Crippen molar-refractivity contribution in [2.75, 3.05) is 11.4 Å². The summed E-state index contributed by atoms with van der Waals surface area (Å²) in [5, 5.41) is 0.346. The summed E-state index contributed by atoms with van der Waals surface area (Å²) in [4.78, 5) is 38.5. The van der Waals surface area contributed by atoms with E-state index in [9.17, 15) is 9.59 Å². The van der Waals surface area contributed by atoms with Crippen LogP contribution in [0.3, 0.4) is 0 Å². The number of rotatable bonds is 8. The molecule has 2 aromatic rings. The van der Waals surface area contributed by atoms with Crippen molar-refractivity contribution in [3.63, 3.8) is 0 Å². The molecule has 33 heavy (non-hydrogen) atoms. The number of carbonyl (C=O) groups excluding carboxylic acids is 1. The summed E-state index contributed by atoms with van der Waals surface area (Å²) < 4.78 is 5.38. The van der Waals surface area contributed by atoms with Crippen LogP contribution in [-0.2, 0) is 9.53 Å². The molecule has 1 N–H and O–H groups in total. The molecule has 0 spiro atoms. The number of H-pyrrole nitrogens is 1. The summed E-state index contributed by atoms with van der Waals surface area (Å²) in [6.07, 6.45) is 6.55. The fraction of sp³-hybridized carbons (Fsp3) is 0.538. The standard InChI is InChI=1S/C26H34N4O3/c1-16-14-20-21(15-19(16)18-11-12-18)30(24-23(29-20)25(32)28-17(2)27-24)13-9-7-6-8-10-22(31)33-26(3,4)5/h14-15,18H,2,6-13H2,1,3-5H3,(H,28,32). The molecule has 1 fully saturated rings. The summed E-state index contributed by atoms with van der Waals surface area (Å²) >= 11 is 0. The molecule has 0 saturated heterocycles. The number of esters is 1. The first kappa shape index (κ1) is 23.2. The van der Waals surface area contributed by atoms with E-state index >= 15 is 0 Å². The van der Waals surface area contributed by atoms with Crippen LogP contribution < -0.4 is 21.3 Å². The van der Waals surface area contributed by atoms with Gasteiger partial charge in [0.1, 0.15) is 11.1 Å². The lowest BCUT2D eigenvalue weighted by Gasteiger charge is -2.29. The van der Waals surface area contributed by atoms with Crippen LogP contribution >= 0.6 is 0 Å². The smallest absolute Gasteiger partial charge is 0.306 e. The number of nitrogens with one attached hydrogen (secondary N) is 1. The lowest BCUT2D eigenvalue weighted by atomic mass is 10.0. The Kier molecular flexibility index (Phi) is 6.41. The van der Waals surface area contributed by atoms with Crippen molar-refractivity contribution in [2.45, 2.75) is 84.2 Å². The van der Waals surface area contributed by atoms with Crippen LogP contribution in [0.2, 0.25) is 0 Å². The summed E-state index contributed by atoms with van der Waals surface area (Å²) in [5.74, 6) is 1.06. The monoisotopic (exact) mass is 450 g/mol. The third-order valence-corrected chi connectivity index (χ3v) is 6.02. The van der Waals surface area contributed by atoms with Crippen molar-refractivity contribution in [3.8, 4) is 0 Å². The topological polar surface area (TPSA) is 87.7 Å². The van der Waals surface area contributed by atoms with Gasteiger partial charge < -0.3 is 14.6 Å². The van der Waals surface area contributed by atoms with E-state index in [2.05, 4.69) is 45.5 Å². The van der Waals surface area contributed by atoms with E-state index in [1.54, 1.807) is 0 Å². The Bertz CT molecular complexity index is 1220. The van der Waals surface area contributed by atoms with Crippen molar-refractivity contribution in [2.24, 2.45) is 4.99 Å². The highest BCUT2D eigenvalue weighted by atomic mass is 16.6. The molecule has 4 rings (SSSR count). The van der Waals surface area contributed by atoms with Crippen molar-refractivity contribution in [1.29, 1.82) is 0 Å². The fourth-order valence-corrected chi connectivity index (χ4v) is 4.37. The van der Waals surface area contributed by atoms with Crippen molar-refractivity contribution in [1.82, 2.24) is 9.97 Å². The minimum Gasteiger partial charge on any atom is -0.460 e. The molecule has 0 unspecified atom stereocenters. The Morgan fingerprint density at radius 3 is 2.64 bits per heavy atom. The van der Waals surface area contributed by atoms with Gasteiger partial charge in [-0.2, -0.15) is 0 Å². The number of fused-ring (bicyclic) bond motifs is 2. The molecule has 1 aliphatic carbocycles. The van der Waals surface area contributed by atoms with Gasteiger partial charge in [0.05, 0.1) is 11.4 Å². The van der Waals surface area contributed by atoms with Gasteiger partial charge in [-0.15, -0.1) is 0 Å². The largest absolute Gasteiger partial charge is 0.460 e. The maximum absolute atomic E-state index is 12.6. The Hall–Kier alpha value is -2.96. The lowest BCUT2D eigenvalue weighted by molar-refractivity contribution is -0.154. The van der Waals surface area contributed by atoms with Crippen LogP contribution in [0, 0.1) is 6.92 Å². The van der Waals surface area contributed by atoms with Crippen LogP contribution in [0.5, 0.6) is 0 Å². The van der Waals surface area contributed by atoms with Crippen molar-refractivity contribution < 1.29 is 9.53 Å². The van der Waals surface area contributed by atoms with Gasteiger partial charge in [0.15, 0.2) is 11.2 Å². The molecule has 176 valence electrons. The predicted octanol–water partition coefficient (Wildman–Crippen LogP) is 4.06. The van der Waals surface area contributed by atoms with Gasteiger partial charge in [-0.1, -0.05) is 19.4 Å². The summed E-state index contributed by atoms with van der Waals surface area (Å²) in [6, 6.07) is 4.33. The van der Waals surface area contributed by atoms with E-state index in [-0.39, 0.29) is 11.5 Å². The van der Waals surface area contributed by atoms with Gasteiger partial charge in [-0.3, -0.25) is 9.59 Å². The van der Waals surface area contributed by atoms with Gasteiger partial charge in [-0.05, 0) is 82.6 Å². The van der Waals surface area contributed by atoms with E-state index in [4.69, 9.17) is 4.74 Å². The number of hydrogen-bond donors (Lipinski definition) is 1. The minimum atomic E-state index is -0.438. The first-order valence-electron chi connectivity index (χ1n) is 11.9. The molecular weight excluding hydrogens is 416 g/mol. The SMILES string of the molecule is C=c1nc2c(c(=O)[nH]1)=Nc1cc(C)c(C3CC3)cc1N2CCCCCCC(=O)OC(C)(C)C. The van der Waals surface area contributed by atoms with Crippen LogP contribution in [0.25, 0.3) is 6.58 Å². The number of benzene rings is 1. The average molecular weight is 451 g/mol. The number of aryl methyl sites for hydroxylation is 1. The van der Waals surface area contributed by atoms with Crippen LogP contribution in [0.4, 0.5) is 17.2 Å². The Morgan fingerprint density at radius 1 is 1.21 bits per heavy atom. The molecule has 2 heterocycles. The zero-order valence-corrected chi connectivity index (χ0v) is 20.2. The number of carbonyl (C=O) groups is 1. The molecule has 0 atom stereocenters. The van der Waals surface area contributed by atoms with Crippen molar-refractivity contribution >= 4 is 29.7 Å². The molecule has 0 bridgehead atoms. The molecule has 2 aliphatic rings. The highest BCUT2D eigenvalue weighted by Gasteiger charge is 2.29. The highest BCUT2D eigenvalue weighted by molar-refractivity contribution is 5.77. The van der Waals surface area contributed by atoms with E-state index in [0.29, 0.717) is 29.0 Å². The quantitative estimate of drug-likeness (QED) is 0.484. The molecule has 7 nitrogen and oxygen atoms in total. The number of nitrogens with zero attached hydrogens (tertiary/aromatic N) is 3. The Balaban J connectivity index is 1.48. The van der Waals surface area contributed by atoms with Crippen LogP contribution in [0.15, 0.2) is 21.9 Å². The van der Waals surface area contributed by atoms with Crippen LogP contribution in [-0.4, -0.2) is 28.1 Å². The Morgan fingerprint density at radius 2 is 1.94 bits per heavy atom. The van der Waals surface area contributed by atoms with Crippen molar-refractivity contribution in [3.05, 3.63) is 44.5 Å². The minimum absolute atomic E-state index is 0.141. The number of hydrogen-bond acceptors (Lipinski definition) is 6. The Labute approximate surface area is 194 Å². The van der Waals surface area contributed by atoms with E-state index in [0.717, 1.165) is 43.6 Å². The van der Waals surface area contributed by atoms with Gasteiger partial charge >= 0.3 is 5.97 Å². The maximum atomic E-state index is 12.6. The molecule has 0 amide bonds. The van der Waals surface area contributed by atoms with E-state index < -0.39 is 5.60 Å². The highest BCUT2D eigenvalue weighted by Crippen LogP contribution is 2.46. The van der Waals surface area contributed by atoms with Gasteiger partial charge in [-0.25, -0.2) is 9.98 Å². The zero-order valence-electron chi connectivity index (χ0n) is 20.2. The van der Waals surface area contributed by atoms with Gasteiger partial charge in [0.2, 0.25) is 0 Å². The first-order chi connectivity index (χ1) is 15.6. The first-order valence-corrected chi connectivity index (χ1v) is 11.9. The number of aromatic nitrogens is 2. The molecular formula is C26H34N4O3. The number of anilines is 2. The fourth-order valence-electron chi connectivity index (χ4n) is 4.37. The average Bonchev–Trinajstić information content (AvgIpc) is 3.54. The number of unbranched alkanes of at least 4 members (excludes halogenated alkanes) is 3. The molecule has 1 aromatic heterocycles. The van der Waals surface area contributed by atoms with E-state index in [1.165, 1.54) is 24.0 Å². The molecule has 1 aliphatic heterocycles. The number of ether oxygens (including phenoxy) is 1. The second kappa shape index (κ2) is 9.12. The lowest BCUT2D eigenvalue weighted by Crippen LogP contribution is -2.42. The third kappa shape index (κ3) is 5.52. The van der Waals surface area contributed by atoms with E-state index in [1.807, 2.05) is 20.8 Å². The second-order valence-corrected chi connectivity index (χ2v) is 10.2. The molecule has 7 heteroatoms. The molecule has 1 saturated carbocycles. The molecule has 1 aromatic carbocycles. The summed E-state index contributed by atoms with van der Waals surface area (Å²) in [7, 11) is 0. The number of aromatic amines is 1. The zero-order chi connectivity index (χ0) is 23.8.